The highest BCUT2D eigenvalue weighted by molar-refractivity contribution is 5.76. The van der Waals surface area contributed by atoms with E-state index < -0.39 is 23.1 Å². The van der Waals surface area contributed by atoms with Gasteiger partial charge in [-0.3, -0.25) is 4.79 Å². The first kappa shape index (κ1) is 16.0. The van der Waals surface area contributed by atoms with Crippen LogP contribution in [0, 0.1) is 11.2 Å². The molecule has 0 radical (unpaired) electrons. The van der Waals surface area contributed by atoms with E-state index in [-0.39, 0.29) is 5.75 Å². The third-order valence-corrected chi connectivity index (χ3v) is 3.91. The van der Waals surface area contributed by atoms with Crippen molar-refractivity contribution in [1.29, 1.82) is 0 Å². The smallest absolute Gasteiger partial charge is 0.310 e. The van der Waals surface area contributed by atoms with Crippen molar-refractivity contribution in [3.8, 4) is 5.75 Å². The van der Waals surface area contributed by atoms with Gasteiger partial charge in [0.2, 0.25) is 0 Å². The molecule has 0 aliphatic carbocycles. The highest BCUT2D eigenvalue weighted by Crippen LogP contribution is 2.42. The summed E-state index contributed by atoms with van der Waals surface area (Å²) in [5.74, 6) is -1.75. The Balaban J connectivity index is 2.59. The Morgan fingerprint density at radius 3 is 2.27 bits per heavy atom. The number of carboxylic acid groups (broad SMARTS) is 1. The van der Waals surface area contributed by atoms with Crippen LogP contribution in [0.15, 0.2) is 48.5 Å². The van der Waals surface area contributed by atoms with Crippen LogP contribution in [0.4, 0.5) is 4.39 Å². The van der Waals surface area contributed by atoms with Gasteiger partial charge in [0.1, 0.15) is 0 Å². The number of hydrogen-bond acceptors (Lipinski definition) is 2. The zero-order valence-electron chi connectivity index (χ0n) is 12.8. The van der Waals surface area contributed by atoms with Gasteiger partial charge in [0.15, 0.2) is 11.6 Å². The minimum atomic E-state index is -1.08. The van der Waals surface area contributed by atoms with E-state index in [1.807, 2.05) is 30.3 Å². The van der Waals surface area contributed by atoms with Crippen LogP contribution in [0.5, 0.6) is 5.75 Å². The van der Waals surface area contributed by atoms with Crippen molar-refractivity contribution in [2.45, 2.75) is 19.8 Å². The van der Waals surface area contributed by atoms with Crippen LogP contribution >= 0.6 is 0 Å². The van der Waals surface area contributed by atoms with Gasteiger partial charge in [-0.1, -0.05) is 36.4 Å². The van der Waals surface area contributed by atoms with Crippen molar-refractivity contribution in [2.75, 3.05) is 7.11 Å². The van der Waals surface area contributed by atoms with Crippen molar-refractivity contribution in [2.24, 2.45) is 5.41 Å². The number of benzene rings is 2. The van der Waals surface area contributed by atoms with Gasteiger partial charge in [-0.15, -0.1) is 0 Å². The Labute approximate surface area is 129 Å². The molecule has 2 aromatic rings. The summed E-state index contributed by atoms with van der Waals surface area (Å²) in [6.45, 7) is 3.30. The molecule has 1 atom stereocenters. The predicted octanol–water partition coefficient (Wildman–Crippen LogP) is 4.08. The Morgan fingerprint density at radius 2 is 1.77 bits per heavy atom. The lowest BCUT2D eigenvalue weighted by molar-refractivity contribution is -0.147. The van der Waals surface area contributed by atoms with Crippen LogP contribution in [0.25, 0.3) is 0 Å². The first-order chi connectivity index (χ1) is 10.4. The third kappa shape index (κ3) is 2.96. The zero-order chi connectivity index (χ0) is 16.3. The van der Waals surface area contributed by atoms with Crippen LogP contribution < -0.4 is 4.74 Å². The van der Waals surface area contributed by atoms with Gasteiger partial charge in [0.05, 0.1) is 12.5 Å². The van der Waals surface area contributed by atoms with Gasteiger partial charge >= 0.3 is 5.97 Å². The van der Waals surface area contributed by atoms with E-state index >= 15 is 0 Å². The maximum Gasteiger partial charge on any atom is 0.310 e. The molecule has 4 heteroatoms. The number of aliphatic carboxylic acids is 1. The van der Waals surface area contributed by atoms with E-state index in [0.29, 0.717) is 5.56 Å². The van der Waals surface area contributed by atoms with Crippen molar-refractivity contribution in [1.82, 2.24) is 0 Å². The van der Waals surface area contributed by atoms with Crippen LogP contribution in [0.3, 0.4) is 0 Å². The summed E-state index contributed by atoms with van der Waals surface area (Å²) in [5, 5.41) is 9.59. The van der Waals surface area contributed by atoms with E-state index in [1.54, 1.807) is 19.9 Å². The molecule has 2 rings (SSSR count). The Bertz CT molecular complexity index is 665. The fourth-order valence-electron chi connectivity index (χ4n) is 2.66. The zero-order valence-corrected chi connectivity index (χ0v) is 12.8. The van der Waals surface area contributed by atoms with Gasteiger partial charge in [-0.05, 0) is 37.1 Å². The second-order valence-electron chi connectivity index (χ2n) is 5.76. The predicted molar refractivity (Wildman–Crippen MR) is 82.7 cm³/mol. The summed E-state index contributed by atoms with van der Waals surface area (Å²) >= 11 is 0. The van der Waals surface area contributed by atoms with Crippen molar-refractivity contribution >= 4 is 5.97 Å². The molecule has 0 spiro atoms. The lowest BCUT2D eigenvalue weighted by Gasteiger charge is -2.31. The Kier molecular flexibility index (Phi) is 4.50. The minimum Gasteiger partial charge on any atom is -0.494 e. The van der Waals surface area contributed by atoms with Crippen molar-refractivity contribution in [3.63, 3.8) is 0 Å². The monoisotopic (exact) mass is 302 g/mol. The third-order valence-electron chi connectivity index (χ3n) is 3.91. The highest BCUT2D eigenvalue weighted by Gasteiger charge is 2.39. The highest BCUT2D eigenvalue weighted by atomic mass is 19.1. The lowest BCUT2D eigenvalue weighted by Crippen LogP contribution is -2.32. The number of ether oxygens (including phenoxy) is 1. The minimum absolute atomic E-state index is 0.142. The summed E-state index contributed by atoms with van der Waals surface area (Å²) < 4.78 is 19.0. The van der Waals surface area contributed by atoms with Crippen LogP contribution in [0.2, 0.25) is 0 Å². The summed E-state index contributed by atoms with van der Waals surface area (Å²) in [4.78, 5) is 11.7. The van der Waals surface area contributed by atoms with E-state index in [4.69, 9.17) is 4.74 Å². The molecule has 2 aromatic carbocycles. The second-order valence-corrected chi connectivity index (χ2v) is 5.76. The standard InChI is InChI=1S/C18H19FO3/c1-18(2,17(20)21)16(12-7-5-4-6-8-12)13-9-10-15(22-3)14(19)11-13/h4-11,16H,1-3H3,(H,20,21). The molecule has 0 aliphatic rings. The largest absolute Gasteiger partial charge is 0.494 e. The lowest BCUT2D eigenvalue weighted by atomic mass is 9.71. The summed E-state index contributed by atoms with van der Waals surface area (Å²) in [7, 11) is 1.40. The molecule has 1 unspecified atom stereocenters. The molecule has 1 N–H and O–H groups in total. The Hall–Kier alpha value is -2.36. The van der Waals surface area contributed by atoms with E-state index in [9.17, 15) is 14.3 Å². The normalized spacial score (nSPS) is 12.7. The topological polar surface area (TPSA) is 46.5 Å². The van der Waals surface area contributed by atoms with E-state index in [1.165, 1.54) is 19.2 Å². The first-order valence-corrected chi connectivity index (χ1v) is 6.99. The van der Waals surface area contributed by atoms with Crippen molar-refractivity contribution in [3.05, 3.63) is 65.5 Å². The average molecular weight is 302 g/mol. The fraction of sp³-hybridized carbons (Fsp3) is 0.278. The second kappa shape index (κ2) is 6.18. The quantitative estimate of drug-likeness (QED) is 0.905. The molecule has 0 saturated heterocycles. The van der Waals surface area contributed by atoms with Gasteiger partial charge in [0, 0.05) is 5.92 Å². The molecule has 0 fully saturated rings. The molecule has 0 aliphatic heterocycles. The summed E-state index contributed by atoms with van der Waals surface area (Å²) in [5.41, 5.74) is 0.360. The maximum absolute atomic E-state index is 14.0. The van der Waals surface area contributed by atoms with Crippen molar-refractivity contribution < 1.29 is 19.0 Å². The summed E-state index contributed by atoms with van der Waals surface area (Å²) in [6.07, 6.45) is 0. The molecule has 0 aromatic heterocycles. The molecule has 116 valence electrons. The van der Waals surface area contributed by atoms with Gasteiger partial charge in [-0.2, -0.15) is 0 Å². The van der Waals surface area contributed by atoms with Gasteiger partial charge in [0.25, 0.3) is 0 Å². The summed E-state index contributed by atoms with van der Waals surface area (Å²) in [6, 6.07) is 13.9. The maximum atomic E-state index is 14.0. The SMILES string of the molecule is COc1ccc(C(c2ccccc2)C(C)(C)C(=O)O)cc1F. The molecular formula is C18H19FO3. The number of carboxylic acids is 1. The molecule has 22 heavy (non-hydrogen) atoms. The van der Waals surface area contributed by atoms with E-state index in [0.717, 1.165) is 5.56 Å². The molecule has 0 heterocycles. The molecule has 0 saturated carbocycles. The average Bonchev–Trinajstić information content (AvgIpc) is 2.48. The number of rotatable bonds is 5. The first-order valence-electron chi connectivity index (χ1n) is 6.99. The number of halogens is 1. The fourth-order valence-corrected chi connectivity index (χ4v) is 2.66. The molecule has 0 bridgehead atoms. The number of carbonyl (C=O) groups is 1. The molecule has 0 amide bonds. The van der Waals surface area contributed by atoms with E-state index in [2.05, 4.69) is 0 Å². The molecule has 3 nitrogen and oxygen atoms in total. The van der Waals surface area contributed by atoms with Gasteiger partial charge in [-0.25, -0.2) is 4.39 Å². The number of methoxy groups -OCH3 is 1. The van der Waals surface area contributed by atoms with Crippen LogP contribution in [-0.2, 0) is 4.79 Å². The number of hydrogen-bond donors (Lipinski definition) is 1. The van der Waals surface area contributed by atoms with Gasteiger partial charge < -0.3 is 9.84 Å². The van der Waals surface area contributed by atoms with Crippen LogP contribution in [0.1, 0.15) is 30.9 Å². The Morgan fingerprint density at radius 1 is 1.14 bits per heavy atom. The van der Waals surface area contributed by atoms with Crippen LogP contribution in [-0.4, -0.2) is 18.2 Å². The molecular weight excluding hydrogens is 283 g/mol.